The van der Waals surface area contributed by atoms with Gasteiger partial charge in [0.15, 0.2) is 0 Å². The number of carbonyl (C=O) groups is 1. The topological polar surface area (TPSA) is 65.7 Å². The zero-order chi connectivity index (χ0) is 17.9. The summed E-state index contributed by atoms with van der Waals surface area (Å²) in [4.78, 5) is 14.5. The van der Waals surface area contributed by atoms with Crippen LogP contribution >= 0.6 is 0 Å². The number of aliphatic hydroxyl groups excluding tert-OH is 1. The molecule has 1 aliphatic heterocycles. The van der Waals surface area contributed by atoms with Gasteiger partial charge in [-0.3, -0.25) is 0 Å². The normalized spacial score (nSPS) is 21.9. The quantitative estimate of drug-likeness (QED) is 0.881. The van der Waals surface area contributed by atoms with Crippen molar-refractivity contribution in [2.45, 2.75) is 44.2 Å². The average Bonchev–Trinajstić information content (AvgIpc) is 3.18. The number of rotatable bonds is 3. The molecule has 2 aliphatic rings. The molecule has 0 radical (unpaired) electrons. The Bertz CT molecular complexity index is 735. The first-order valence-electron chi connectivity index (χ1n) is 9.57. The third-order valence-electron chi connectivity index (χ3n) is 5.76. The summed E-state index contributed by atoms with van der Waals surface area (Å²) in [6, 6.07) is 11.8. The lowest BCUT2D eigenvalue weighted by Gasteiger charge is -2.35. The number of nitrogens with one attached hydrogen (secondary N) is 1. The predicted molar refractivity (Wildman–Crippen MR) is 98.6 cm³/mol. The summed E-state index contributed by atoms with van der Waals surface area (Å²) in [6.07, 6.45) is 5.87. The summed E-state index contributed by atoms with van der Waals surface area (Å²) in [7, 11) is 0. The summed E-state index contributed by atoms with van der Waals surface area (Å²) in [5.41, 5.74) is 2.09. The molecule has 5 heteroatoms. The maximum atomic E-state index is 12.7. The van der Waals surface area contributed by atoms with Gasteiger partial charge in [0, 0.05) is 25.1 Å². The van der Waals surface area contributed by atoms with E-state index in [9.17, 15) is 9.90 Å². The van der Waals surface area contributed by atoms with Gasteiger partial charge in [-0.2, -0.15) is 0 Å². The number of nitrogens with zero attached hydrogens (tertiary/aromatic N) is 1. The highest BCUT2D eigenvalue weighted by molar-refractivity contribution is 5.75. The van der Waals surface area contributed by atoms with Crippen molar-refractivity contribution in [2.75, 3.05) is 13.1 Å². The van der Waals surface area contributed by atoms with Gasteiger partial charge in [0.05, 0.1) is 18.4 Å². The molecule has 2 aromatic rings. The lowest BCUT2D eigenvalue weighted by molar-refractivity contribution is 0.0660. The highest BCUT2D eigenvalue weighted by Gasteiger charge is 2.30. The van der Waals surface area contributed by atoms with E-state index >= 15 is 0 Å². The van der Waals surface area contributed by atoms with E-state index in [1.54, 1.807) is 6.26 Å². The highest BCUT2D eigenvalue weighted by Crippen LogP contribution is 2.32. The molecule has 1 saturated heterocycles. The molecular formula is C21H26N2O3. The third-order valence-corrected chi connectivity index (χ3v) is 5.76. The average molecular weight is 354 g/mol. The summed E-state index contributed by atoms with van der Waals surface area (Å²) in [5, 5.41) is 13.8. The summed E-state index contributed by atoms with van der Waals surface area (Å²) in [6.45, 7) is 1.37. The van der Waals surface area contributed by atoms with Gasteiger partial charge in [-0.25, -0.2) is 4.79 Å². The smallest absolute Gasteiger partial charge is 0.317 e. The van der Waals surface area contributed by atoms with E-state index in [1.165, 1.54) is 0 Å². The Morgan fingerprint density at radius 2 is 1.92 bits per heavy atom. The molecule has 0 spiro atoms. The maximum absolute atomic E-state index is 12.7. The number of benzene rings is 1. The van der Waals surface area contributed by atoms with Crippen LogP contribution in [0, 0.1) is 5.92 Å². The van der Waals surface area contributed by atoms with E-state index < -0.39 is 6.10 Å². The molecule has 2 unspecified atom stereocenters. The van der Waals surface area contributed by atoms with E-state index in [2.05, 4.69) is 5.32 Å². The molecule has 138 valence electrons. The first kappa shape index (κ1) is 17.2. The van der Waals surface area contributed by atoms with E-state index in [0.29, 0.717) is 13.1 Å². The van der Waals surface area contributed by atoms with Crippen LogP contribution in [-0.4, -0.2) is 29.1 Å². The van der Waals surface area contributed by atoms with Gasteiger partial charge in [-0.1, -0.05) is 30.3 Å². The fourth-order valence-electron chi connectivity index (χ4n) is 4.22. The lowest BCUT2D eigenvalue weighted by Crippen LogP contribution is -2.46. The summed E-state index contributed by atoms with van der Waals surface area (Å²) < 4.78 is 5.50. The van der Waals surface area contributed by atoms with Gasteiger partial charge in [-0.05, 0) is 43.2 Å². The van der Waals surface area contributed by atoms with Crippen LogP contribution in [-0.2, 0) is 6.42 Å². The second kappa shape index (κ2) is 7.54. The van der Waals surface area contributed by atoms with Crippen LogP contribution in [0.3, 0.4) is 0 Å². The fourth-order valence-corrected chi connectivity index (χ4v) is 4.22. The van der Waals surface area contributed by atoms with Crippen molar-refractivity contribution >= 4 is 6.03 Å². The Morgan fingerprint density at radius 1 is 1.15 bits per heavy atom. The van der Waals surface area contributed by atoms with E-state index in [-0.39, 0.29) is 18.0 Å². The molecule has 2 amide bonds. The Labute approximate surface area is 154 Å². The molecule has 1 aromatic heterocycles. The zero-order valence-corrected chi connectivity index (χ0v) is 14.9. The molecule has 0 saturated carbocycles. The Morgan fingerprint density at radius 3 is 2.69 bits per heavy atom. The van der Waals surface area contributed by atoms with Gasteiger partial charge in [0.2, 0.25) is 0 Å². The molecule has 0 bridgehead atoms. The van der Waals surface area contributed by atoms with Crippen LogP contribution < -0.4 is 5.32 Å². The van der Waals surface area contributed by atoms with E-state index in [1.807, 2.05) is 41.3 Å². The van der Waals surface area contributed by atoms with Crippen molar-refractivity contribution in [3.8, 4) is 0 Å². The minimum absolute atomic E-state index is 0.00305. The standard InChI is InChI=1S/C21H26N2O3/c24-20(15-5-2-1-3-6-15)16-9-12-23(13-10-16)21(25)22-18-7-4-8-19-17(18)11-14-26-19/h1-3,5-6,11,14,16,18,20,24H,4,7-10,12-13H2,(H,22,25). The number of furan rings is 1. The van der Waals surface area contributed by atoms with Crippen molar-refractivity contribution in [2.24, 2.45) is 5.92 Å². The number of fused-ring (bicyclic) bond motifs is 1. The SMILES string of the molecule is O=C(NC1CCCc2occc21)N1CCC(C(O)c2ccccc2)CC1. The number of hydrogen-bond donors (Lipinski definition) is 2. The first-order valence-corrected chi connectivity index (χ1v) is 9.57. The Kier molecular flexibility index (Phi) is 4.98. The summed E-state index contributed by atoms with van der Waals surface area (Å²) >= 11 is 0. The minimum Gasteiger partial charge on any atom is -0.469 e. The largest absolute Gasteiger partial charge is 0.469 e. The van der Waals surface area contributed by atoms with Crippen LogP contribution in [0.2, 0.25) is 0 Å². The van der Waals surface area contributed by atoms with Crippen LogP contribution in [0.15, 0.2) is 47.1 Å². The molecule has 1 aliphatic carbocycles. The van der Waals surface area contributed by atoms with Crippen molar-refractivity contribution in [3.05, 3.63) is 59.5 Å². The molecule has 2 atom stereocenters. The predicted octanol–water partition coefficient (Wildman–Crippen LogP) is 3.81. The van der Waals surface area contributed by atoms with Gasteiger partial charge >= 0.3 is 6.03 Å². The lowest BCUT2D eigenvalue weighted by atomic mass is 9.87. The number of aliphatic hydroxyl groups is 1. The number of likely N-dealkylation sites (tertiary alicyclic amines) is 1. The molecule has 26 heavy (non-hydrogen) atoms. The Hall–Kier alpha value is -2.27. The zero-order valence-electron chi connectivity index (χ0n) is 14.9. The second-order valence-corrected chi connectivity index (χ2v) is 7.37. The van der Waals surface area contributed by atoms with Crippen molar-refractivity contribution < 1.29 is 14.3 Å². The number of amides is 2. The minimum atomic E-state index is -0.451. The number of piperidine rings is 1. The van der Waals surface area contributed by atoms with Gasteiger partial charge in [-0.15, -0.1) is 0 Å². The fraction of sp³-hybridized carbons (Fsp3) is 0.476. The molecule has 2 heterocycles. The molecule has 4 rings (SSSR count). The molecule has 1 aromatic carbocycles. The summed E-state index contributed by atoms with van der Waals surface area (Å²) in [5.74, 6) is 1.21. The molecular weight excluding hydrogens is 328 g/mol. The van der Waals surface area contributed by atoms with Crippen LogP contribution in [0.1, 0.15) is 54.7 Å². The number of aryl methyl sites for hydroxylation is 1. The highest BCUT2D eigenvalue weighted by atomic mass is 16.3. The number of carbonyl (C=O) groups excluding carboxylic acids is 1. The molecule has 5 nitrogen and oxygen atoms in total. The van der Waals surface area contributed by atoms with Crippen molar-refractivity contribution in [1.82, 2.24) is 10.2 Å². The van der Waals surface area contributed by atoms with Gasteiger partial charge in [0.1, 0.15) is 5.76 Å². The van der Waals surface area contributed by atoms with Crippen molar-refractivity contribution in [3.63, 3.8) is 0 Å². The monoisotopic (exact) mass is 354 g/mol. The van der Waals surface area contributed by atoms with E-state index in [0.717, 1.165) is 49.0 Å². The Balaban J connectivity index is 1.32. The van der Waals surface area contributed by atoms with Crippen LogP contribution in [0.4, 0.5) is 4.79 Å². The van der Waals surface area contributed by atoms with Crippen molar-refractivity contribution in [1.29, 1.82) is 0 Å². The maximum Gasteiger partial charge on any atom is 0.317 e. The van der Waals surface area contributed by atoms with Gasteiger partial charge < -0.3 is 19.7 Å². The number of hydrogen-bond acceptors (Lipinski definition) is 3. The van der Waals surface area contributed by atoms with Crippen LogP contribution in [0.5, 0.6) is 0 Å². The van der Waals surface area contributed by atoms with E-state index in [4.69, 9.17) is 4.42 Å². The number of urea groups is 1. The van der Waals surface area contributed by atoms with Gasteiger partial charge in [0.25, 0.3) is 0 Å². The molecule has 2 N–H and O–H groups in total. The third kappa shape index (κ3) is 3.49. The van der Waals surface area contributed by atoms with Crippen LogP contribution in [0.25, 0.3) is 0 Å². The molecule has 1 fully saturated rings. The second-order valence-electron chi connectivity index (χ2n) is 7.37. The first-order chi connectivity index (χ1) is 12.7.